The molecule has 4 rings (SSSR count). The first-order chi connectivity index (χ1) is 13.0. The average molecular weight is 398 g/mol. The number of benzene rings is 2. The zero-order valence-electron chi connectivity index (χ0n) is 15.1. The molecular formula is C20H19N3O2S2. The van der Waals surface area contributed by atoms with Crippen molar-refractivity contribution in [3.63, 3.8) is 0 Å². The van der Waals surface area contributed by atoms with Crippen LogP contribution in [-0.4, -0.2) is 24.9 Å². The molecule has 5 nitrogen and oxygen atoms in total. The number of aryl methyl sites for hydroxylation is 1. The second-order valence-electron chi connectivity index (χ2n) is 6.33. The van der Waals surface area contributed by atoms with Gasteiger partial charge in [0.2, 0.25) is 0 Å². The normalized spacial score (nSPS) is 14.5. The second-order valence-corrected chi connectivity index (χ2v) is 9.10. The van der Waals surface area contributed by atoms with Crippen LogP contribution in [0.5, 0.6) is 0 Å². The molecule has 27 heavy (non-hydrogen) atoms. The number of para-hydroxylation sites is 1. The van der Waals surface area contributed by atoms with Gasteiger partial charge in [-0.25, -0.2) is 18.4 Å². The van der Waals surface area contributed by atoms with Crippen molar-refractivity contribution in [1.82, 2.24) is 9.97 Å². The predicted octanol–water partition coefficient (Wildman–Crippen LogP) is 4.27. The van der Waals surface area contributed by atoms with Crippen molar-refractivity contribution in [1.29, 1.82) is 0 Å². The first-order valence-corrected chi connectivity index (χ1v) is 11.1. The van der Waals surface area contributed by atoms with E-state index in [2.05, 4.69) is 41.2 Å². The van der Waals surface area contributed by atoms with Gasteiger partial charge in [0.05, 0.1) is 17.6 Å². The standard InChI is InChI=1S/C20H19N3O2S2/c1-3-23-17-7-5-4-6-16(17)19-18(27(23,24)25)12-21-20(22-19)26-13-15-10-8-14(2)9-11-15/h4-12H,3,13H2,1-2H3. The molecule has 0 atom stereocenters. The van der Waals surface area contributed by atoms with Gasteiger partial charge in [-0.3, -0.25) is 4.31 Å². The lowest BCUT2D eigenvalue weighted by molar-refractivity contribution is 0.589. The van der Waals surface area contributed by atoms with Crippen molar-refractivity contribution < 1.29 is 8.42 Å². The molecule has 2 aromatic carbocycles. The number of hydrogen-bond acceptors (Lipinski definition) is 5. The molecule has 0 bridgehead atoms. The van der Waals surface area contributed by atoms with Crippen LogP contribution in [0.25, 0.3) is 11.3 Å². The highest BCUT2D eigenvalue weighted by Crippen LogP contribution is 2.41. The van der Waals surface area contributed by atoms with Crippen LogP contribution in [0.1, 0.15) is 18.1 Å². The minimum atomic E-state index is -3.64. The third-order valence-electron chi connectivity index (χ3n) is 4.50. The van der Waals surface area contributed by atoms with Crippen molar-refractivity contribution in [2.24, 2.45) is 0 Å². The van der Waals surface area contributed by atoms with E-state index in [-0.39, 0.29) is 4.90 Å². The average Bonchev–Trinajstić information content (AvgIpc) is 2.67. The molecule has 0 unspecified atom stereocenters. The quantitative estimate of drug-likeness (QED) is 0.486. The molecule has 0 aliphatic carbocycles. The predicted molar refractivity (Wildman–Crippen MR) is 108 cm³/mol. The molecular weight excluding hydrogens is 378 g/mol. The van der Waals surface area contributed by atoms with Crippen LogP contribution in [-0.2, 0) is 15.8 Å². The summed E-state index contributed by atoms with van der Waals surface area (Å²) in [5.74, 6) is 0.731. The van der Waals surface area contributed by atoms with Gasteiger partial charge in [0, 0.05) is 17.9 Å². The molecule has 1 aliphatic rings. The van der Waals surface area contributed by atoms with E-state index in [1.54, 1.807) is 0 Å². The maximum atomic E-state index is 13.0. The fourth-order valence-electron chi connectivity index (χ4n) is 3.12. The summed E-state index contributed by atoms with van der Waals surface area (Å²) in [5.41, 5.74) is 4.37. The lowest BCUT2D eigenvalue weighted by Gasteiger charge is -2.30. The van der Waals surface area contributed by atoms with Gasteiger partial charge in [0.1, 0.15) is 4.90 Å². The fourth-order valence-corrected chi connectivity index (χ4v) is 5.47. The van der Waals surface area contributed by atoms with Crippen molar-refractivity contribution >= 4 is 27.5 Å². The van der Waals surface area contributed by atoms with Crippen LogP contribution < -0.4 is 4.31 Å². The summed E-state index contributed by atoms with van der Waals surface area (Å²) in [7, 11) is -3.64. The summed E-state index contributed by atoms with van der Waals surface area (Å²) in [6, 6.07) is 15.8. The number of hydrogen-bond donors (Lipinski definition) is 0. The van der Waals surface area contributed by atoms with Crippen molar-refractivity contribution in [3.05, 3.63) is 65.9 Å². The number of anilines is 1. The lowest BCUT2D eigenvalue weighted by atomic mass is 10.1. The maximum Gasteiger partial charge on any atom is 0.268 e. The highest BCUT2D eigenvalue weighted by atomic mass is 32.2. The van der Waals surface area contributed by atoms with E-state index in [0.717, 1.165) is 11.3 Å². The second kappa shape index (κ2) is 6.98. The summed E-state index contributed by atoms with van der Waals surface area (Å²) in [4.78, 5) is 9.07. The van der Waals surface area contributed by atoms with Crippen LogP contribution in [0.3, 0.4) is 0 Å². The van der Waals surface area contributed by atoms with E-state index in [0.29, 0.717) is 23.1 Å². The van der Waals surface area contributed by atoms with Gasteiger partial charge in [0.25, 0.3) is 10.0 Å². The Bertz CT molecular complexity index is 1100. The monoisotopic (exact) mass is 397 g/mol. The Morgan fingerprint density at radius 2 is 1.81 bits per heavy atom. The third-order valence-corrected chi connectivity index (χ3v) is 7.33. The smallest absolute Gasteiger partial charge is 0.266 e. The molecule has 7 heteroatoms. The number of rotatable bonds is 4. The van der Waals surface area contributed by atoms with Gasteiger partial charge < -0.3 is 0 Å². The van der Waals surface area contributed by atoms with E-state index >= 15 is 0 Å². The van der Waals surface area contributed by atoms with Crippen molar-refractivity contribution in [2.45, 2.75) is 29.7 Å². The van der Waals surface area contributed by atoms with Gasteiger partial charge in [0.15, 0.2) is 5.16 Å². The molecule has 0 N–H and O–H groups in total. The number of sulfonamides is 1. The van der Waals surface area contributed by atoms with Gasteiger partial charge in [-0.15, -0.1) is 0 Å². The summed E-state index contributed by atoms with van der Waals surface area (Å²) in [6.45, 7) is 4.25. The third kappa shape index (κ3) is 3.21. The lowest BCUT2D eigenvalue weighted by Crippen LogP contribution is -2.34. The Balaban J connectivity index is 1.72. The van der Waals surface area contributed by atoms with Gasteiger partial charge in [-0.1, -0.05) is 59.8 Å². The SMILES string of the molecule is CCN1c2ccccc2-c2nc(SCc3ccc(C)cc3)ncc2S1(=O)=O. The van der Waals surface area contributed by atoms with E-state index in [4.69, 9.17) is 0 Å². The molecule has 0 saturated carbocycles. The molecule has 0 fully saturated rings. The Hall–Kier alpha value is -2.38. The molecule has 0 saturated heterocycles. The van der Waals surface area contributed by atoms with E-state index < -0.39 is 10.0 Å². The first-order valence-electron chi connectivity index (χ1n) is 8.68. The summed E-state index contributed by atoms with van der Waals surface area (Å²) < 4.78 is 27.3. The molecule has 0 amide bonds. The minimum absolute atomic E-state index is 0.169. The van der Waals surface area contributed by atoms with Crippen LogP contribution in [0, 0.1) is 6.92 Å². The van der Waals surface area contributed by atoms with E-state index in [1.165, 1.54) is 33.4 Å². The molecule has 2 heterocycles. The van der Waals surface area contributed by atoms with Crippen LogP contribution in [0.2, 0.25) is 0 Å². The first kappa shape index (κ1) is 18.0. The maximum absolute atomic E-state index is 13.0. The summed E-state index contributed by atoms with van der Waals surface area (Å²) in [5, 5.41) is 0.573. The Labute approximate surface area is 163 Å². The molecule has 0 radical (unpaired) electrons. The molecule has 3 aromatic rings. The highest BCUT2D eigenvalue weighted by Gasteiger charge is 2.35. The zero-order chi connectivity index (χ0) is 19.0. The number of thioether (sulfide) groups is 1. The molecule has 1 aromatic heterocycles. The van der Waals surface area contributed by atoms with Crippen molar-refractivity contribution in [3.8, 4) is 11.3 Å². The van der Waals surface area contributed by atoms with Crippen molar-refractivity contribution in [2.75, 3.05) is 10.8 Å². The number of aromatic nitrogens is 2. The Morgan fingerprint density at radius 1 is 1.07 bits per heavy atom. The van der Waals surface area contributed by atoms with Gasteiger partial charge in [-0.05, 0) is 25.5 Å². The largest absolute Gasteiger partial charge is 0.268 e. The topological polar surface area (TPSA) is 63.2 Å². The molecule has 0 spiro atoms. The Morgan fingerprint density at radius 3 is 2.56 bits per heavy atom. The van der Waals surface area contributed by atoms with Crippen LogP contribution in [0.4, 0.5) is 5.69 Å². The van der Waals surface area contributed by atoms with Gasteiger partial charge >= 0.3 is 0 Å². The Kier molecular flexibility index (Phi) is 4.65. The van der Waals surface area contributed by atoms with Crippen LogP contribution >= 0.6 is 11.8 Å². The number of fused-ring (bicyclic) bond motifs is 3. The molecule has 138 valence electrons. The van der Waals surface area contributed by atoms with E-state index in [9.17, 15) is 8.42 Å². The summed E-state index contributed by atoms with van der Waals surface area (Å²) in [6.07, 6.45) is 1.44. The molecule has 1 aliphatic heterocycles. The fraction of sp³-hybridized carbons (Fsp3) is 0.200. The van der Waals surface area contributed by atoms with Crippen LogP contribution in [0.15, 0.2) is 64.8 Å². The van der Waals surface area contributed by atoms with E-state index in [1.807, 2.05) is 31.2 Å². The van der Waals surface area contributed by atoms with Gasteiger partial charge in [-0.2, -0.15) is 0 Å². The highest BCUT2D eigenvalue weighted by molar-refractivity contribution is 7.98. The minimum Gasteiger partial charge on any atom is -0.266 e. The number of nitrogens with zero attached hydrogens (tertiary/aromatic N) is 3. The zero-order valence-corrected chi connectivity index (χ0v) is 16.7. The summed E-state index contributed by atoms with van der Waals surface area (Å²) >= 11 is 1.50.